The quantitative estimate of drug-likeness (QED) is 0.136. The van der Waals surface area contributed by atoms with Gasteiger partial charge in [-0.2, -0.15) is 13.2 Å². The molecule has 1 aliphatic heterocycles. The number of carbonyl (C=O) groups is 1. The van der Waals surface area contributed by atoms with Crippen LogP contribution in [0.3, 0.4) is 0 Å². The number of benzene rings is 3. The zero-order valence-corrected chi connectivity index (χ0v) is 29.5. The van der Waals surface area contributed by atoms with Gasteiger partial charge in [0.15, 0.2) is 0 Å². The summed E-state index contributed by atoms with van der Waals surface area (Å²) in [5.74, 6) is -2.30. The average molecular weight is 733 g/mol. The van der Waals surface area contributed by atoms with E-state index in [2.05, 4.69) is 29.0 Å². The Bertz CT molecular complexity index is 2080. The molecule has 1 amide bonds. The number of pyridine rings is 1. The molecule has 1 fully saturated rings. The lowest BCUT2D eigenvalue weighted by Gasteiger charge is -2.36. The molecule has 278 valence electrons. The number of amides is 1. The summed E-state index contributed by atoms with van der Waals surface area (Å²) in [4.78, 5) is 41.9. The number of rotatable bonds is 12. The maximum absolute atomic E-state index is 14.7. The highest BCUT2D eigenvalue weighted by Crippen LogP contribution is 2.33. The molecule has 53 heavy (non-hydrogen) atoms. The molecule has 1 aliphatic rings. The molecule has 0 bridgehead atoms. The van der Waals surface area contributed by atoms with E-state index in [1.807, 2.05) is 0 Å². The van der Waals surface area contributed by atoms with Crippen molar-refractivity contribution in [1.82, 2.24) is 29.7 Å². The van der Waals surface area contributed by atoms with E-state index in [9.17, 15) is 31.5 Å². The zero-order valence-electron chi connectivity index (χ0n) is 29.5. The topological polar surface area (TPSA) is 83.4 Å². The lowest BCUT2D eigenvalue weighted by atomic mass is 10.0. The number of nitrogens with one attached hydrogen (secondary N) is 1. The van der Waals surface area contributed by atoms with Crippen molar-refractivity contribution in [3.05, 3.63) is 136 Å². The minimum Gasteiger partial charge on any atom is -0.328 e. The number of likely N-dealkylation sites (tertiary alicyclic amines) is 1. The zero-order chi connectivity index (χ0) is 37.7. The molecule has 8 nitrogen and oxygen atoms in total. The minimum absolute atomic E-state index is 0.000646. The van der Waals surface area contributed by atoms with Crippen molar-refractivity contribution < 1.29 is 26.7 Å². The van der Waals surface area contributed by atoms with Gasteiger partial charge in [-0.25, -0.2) is 13.8 Å². The molecule has 1 unspecified atom stereocenters. The van der Waals surface area contributed by atoms with Crippen LogP contribution in [-0.2, 0) is 23.9 Å². The van der Waals surface area contributed by atoms with Crippen LogP contribution in [0.15, 0.2) is 96.1 Å². The third kappa shape index (κ3) is 8.97. The molecule has 1 N–H and O–H groups in total. The molecule has 1 atom stereocenters. The standard InChI is InChI=1S/C40H41F5N6O2/c1-26(2)49-20-16-30(17-21-49)47-19-15-36(38-48-35-8-4-3-7-32(35)39(53)51(38)31-12-10-29(41)11-13-31)50(25-28-6-5-18-46-24-28)37(52)23-27-9-14-33(34(42)22-27)40(43,44)45/h3-14,18,22,24,26,30,36,47H,15-17,19-21,23,25H2,1-2H3. The first kappa shape index (κ1) is 37.7. The molecule has 5 aromatic rings. The lowest BCUT2D eigenvalue weighted by molar-refractivity contribution is -0.140. The Morgan fingerprint density at radius 1 is 0.962 bits per heavy atom. The van der Waals surface area contributed by atoms with Gasteiger partial charge < -0.3 is 15.1 Å². The molecular weight excluding hydrogens is 691 g/mol. The molecule has 6 rings (SSSR count). The number of nitrogens with zero attached hydrogens (tertiary/aromatic N) is 5. The Kier molecular flexibility index (Phi) is 11.6. The molecular formula is C40H41F5N6O2. The van der Waals surface area contributed by atoms with E-state index in [4.69, 9.17) is 4.98 Å². The fourth-order valence-corrected chi connectivity index (χ4v) is 6.92. The highest BCUT2D eigenvalue weighted by molar-refractivity contribution is 5.80. The second-order valence-corrected chi connectivity index (χ2v) is 13.6. The monoisotopic (exact) mass is 732 g/mol. The van der Waals surface area contributed by atoms with Crippen molar-refractivity contribution in [2.24, 2.45) is 0 Å². The van der Waals surface area contributed by atoms with E-state index < -0.39 is 47.3 Å². The molecule has 0 spiro atoms. The summed E-state index contributed by atoms with van der Waals surface area (Å²) >= 11 is 0. The Hall–Kier alpha value is -5.01. The van der Waals surface area contributed by atoms with E-state index >= 15 is 0 Å². The first-order valence-electron chi connectivity index (χ1n) is 17.7. The fourth-order valence-electron chi connectivity index (χ4n) is 6.92. The Balaban J connectivity index is 1.44. The maximum atomic E-state index is 14.7. The van der Waals surface area contributed by atoms with Gasteiger partial charge in [0.1, 0.15) is 17.5 Å². The largest absolute Gasteiger partial charge is 0.419 e. The highest BCUT2D eigenvalue weighted by Gasteiger charge is 2.35. The van der Waals surface area contributed by atoms with Crippen LogP contribution in [0, 0.1) is 11.6 Å². The SMILES string of the molecule is CC(C)N1CCC(NCCC(c2nc3ccccc3c(=O)n2-c2ccc(F)cc2)N(Cc2cccnc2)C(=O)Cc2ccc(C(F)(F)F)c(F)c2)CC1. The summed E-state index contributed by atoms with van der Waals surface area (Å²) in [5, 5.41) is 3.96. The number of aromatic nitrogens is 3. The van der Waals surface area contributed by atoms with Crippen LogP contribution >= 0.6 is 0 Å². The van der Waals surface area contributed by atoms with Crippen molar-refractivity contribution in [1.29, 1.82) is 0 Å². The Morgan fingerprint density at radius 2 is 1.70 bits per heavy atom. The van der Waals surface area contributed by atoms with Crippen molar-refractivity contribution in [3.63, 3.8) is 0 Å². The third-order valence-corrected chi connectivity index (χ3v) is 9.76. The Morgan fingerprint density at radius 3 is 2.36 bits per heavy atom. The highest BCUT2D eigenvalue weighted by atomic mass is 19.4. The van der Waals surface area contributed by atoms with Gasteiger partial charge in [0.2, 0.25) is 5.91 Å². The Labute approximate surface area is 304 Å². The summed E-state index contributed by atoms with van der Waals surface area (Å²) in [6.07, 6.45) is -0.00984. The summed E-state index contributed by atoms with van der Waals surface area (Å²) < 4.78 is 70.4. The molecule has 0 radical (unpaired) electrons. The predicted octanol–water partition coefficient (Wildman–Crippen LogP) is 7.24. The van der Waals surface area contributed by atoms with E-state index in [1.54, 1.807) is 48.8 Å². The summed E-state index contributed by atoms with van der Waals surface area (Å²) in [6, 6.07) is 17.9. The number of hydrogen-bond acceptors (Lipinski definition) is 6. The average Bonchev–Trinajstić information content (AvgIpc) is 3.13. The first-order valence-corrected chi connectivity index (χ1v) is 17.7. The van der Waals surface area contributed by atoms with E-state index in [-0.39, 0.29) is 30.4 Å². The second kappa shape index (κ2) is 16.3. The number of hydrogen-bond donors (Lipinski definition) is 1. The summed E-state index contributed by atoms with van der Waals surface area (Å²) in [5.41, 5.74) is -0.420. The van der Waals surface area contributed by atoms with Gasteiger partial charge in [-0.1, -0.05) is 24.3 Å². The van der Waals surface area contributed by atoms with Gasteiger partial charge >= 0.3 is 6.18 Å². The predicted molar refractivity (Wildman–Crippen MR) is 192 cm³/mol. The molecule has 1 saturated heterocycles. The molecule has 0 aliphatic carbocycles. The van der Waals surface area contributed by atoms with Crippen LogP contribution in [0.1, 0.15) is 61.7 Å². The van der Waals surface area contributed by atoms with Gasteiger partial charge in [-0.3, -0.25) is 19.1 Å². The van der Waals surface area contributed by atoms with Gasteiger partial charge in [-0.05, 0) is 118 Å². The fraction of sp³-hybridized carbons (Fsp3) is 0.350. The van der Waals surface area contributed by atoms with E-state index in [1.165, 1.54) is 33.7 Å². The first-order chi connectivity index (χ1) is 25.4. The normalized spacial score (nSPS) is 14.9. The molecule has 3 aromatic carbocycles. The van der Waals surface area contributed by atoms with Crippen molar-refractivity contribution >= 4 is 16.8 Å². The number of halogens is 5. The van der Waals surface area contributed by atoms with E-state index in [0.717, 1.165) is 38.1 Å². The molecule has 0 saturated carbocycles. The minimum atomic E-state index is -4.89. The molecule has 13 heteroatoms. The molecule has 2 aromatic heterocycles. The molecule has 3 heterocycles. The number of fused-ring (bicyclic) bond motifs is 1. The van der Waals surface area contributed by atoms with Crippen LogP contribution in [0.5, 0.6) is 0 Å². The van der Waals surface area contributed by atoms with Crippen molar-refractivity contribution in [2.75, 3.05) is 19.6 Å². The number of para-hydroxylation sites is 1. The summed E-state index contributed by atoms with van der Waals surface area (Å²) in [6.45, 7) is 6.63. The third-order valence-electron chi connectivity index (χ3n) is 9.76. The van der Waals surface area contributed by atoms with Crippen molar-refractivity contribution in [3.8, 4) is 5.69 Å². The van der Waals surface area contributed by atoms with E-state index in [0.29, 0.717) is 40.8 Å². The number of piperidine rings is 1. The number of alkyl halides is 3. The lowest BCUT2D eigenvalue weighted by Crippen LogP contribution is -2.46. The van der Waals surface area contributed by atoms with Crippen LogP contribution in [0.2, 0.25) is 0 Å². The van der Waals surface area contributed by atoms with Crippen LogP contribution < -0.4 is 10.9 Å². The van der Waals surface area contributed by atoms with Gasteiger partial charge in [-0.15, -0.1) is 0 Å². The maximum Gasteiger partial charge on any atom is 0.419 e. The van der Waals surface area contributed by atoms with Crippen LogP contribution in [0.25, 0.3) is 16.6 Å². The van der Waals surface area contributed by atoms with Crippen LogP contribution in [0.4, 0.5) is 22.0 Å². The van der Waals surface area contributed by atoms with Crippen molar-refractivity contribution in [2.45, 2.75) is 70.4 Å². The van der Waals surface area contributed by atoms with Gasteiger partial charge in [0.05, 0.1) is 34.6 Å². The smallest absolute Gasteiger partial charge is 0.328 e. The number of carbonyl (C=O) groups excluding carboxylic acids is 1. The summed E-state index contributed by atoms with van der Waals surface area (Å²) in [7, 11) is 0. The van der Waals surface area contributed by atoms with Gasteiger partial charge in [0.25, 0.3) is 5.56 Å². The van der Waals surface area contributed by atoms with Gasteiger partial charge in [0, 0.05) is 31.0 Å². The van der Waals surface area contributed by atoms with Crippen LogP contribution in [-0.4, -0.2) is 62.0 Å². The second-order valence-electron chi connectivity index (χ2n) is 13.6.